The van der Waals surface area contributed by atoms with Crippen molar-refractivity contribution in [3.8, 4) is 0 Å². The largest absolute Gasteiger partial charge is 0.311 e. The molecular weight excluding hydrogens is 172 g/mol. The second-order valence-electron chi connectivity index (χ2n) is 3.91. The van der Waals surface area contributed by atoms with E-state index in [-0.39, 0.29) is 0 Å². The van der Waals surface area contributed by atoms with E-state index in [2.05, 4.69) is 47.6 Å². The summed E-state index contributed by atoms with van der Waals surface area (Å²) in [7, 11) is 3.73. The van der Waals surface area contributed by atoms with Crippen molar-refractivity contribution in [2.45, 2.75) is 19.0 Å². The van der Waals surface area contributed by atoms with Gasteiger partial charge in [0.25, 0.3) is 0 Å². The summed E-state index contributed by atoms with van der Waals surface area (Å²) in [6.45, 7) is 3.37. The SMILES string of the molecule is [CH2]NC1CCN(Cc2ccccc2)C1. The lowest BCUT2D eigenvalue weighted by Gasteiger charge is -2.15. The van der Waals surface area contributed by atoms with Crippen molar-refractivity contribution < 1.29 is 0 Å². The molecule has 0 aromatic heterocycles. The molecule has 2 nitrogen and oxygen atoms in total. The summed E-state index contributed by atoms with van der Waals surface area (Å²) in [5, 5.41) is 3.09. The lowest BCUT2D eigenvalue weighted by molar-refractivity contribution is 0.323. The van der Waals surface area contributed by atoms with Crippen molar-refractivity contribution >= 4 is 0 Å². The van der Waals surface area contributed by atoms with Crippen LogP contribution in [0.25, 0.3) is 0 Å². The molecule has 75 valence electrons. The van der Waals surface area contributed by atoms with Crippen LogP contribution in [0.5, 0.6) is 0 Å². The summed E-state index contributed by atoms with van der Waals surface area (Å²) in [4.78, 5) is 2.47. The molecule has 1 aliphatic heterocycles. The van der Waals surface area contributed by atoms with E-state index < -0.39 is 0 Å². The first-order valence-corrected chi connectivity index (χ1v) is 5.17. The van der Waals surface area contributed by atoms with Gasteiger partial charge in [-0.25, -0.2) is 0 Å². The lowest BCUT2D eigenvalue weighted by Crippen LogP contribution is -2.28. The highest BCUT2D eigenvalue weighted by atomic mass is 15.2. The van der Waals surface area contributed by atoms with Crippen LogP contribution < -0.4 is 5.32 Å². The average Bonchev–Trinajstić information content (AvgIpc) is 2.67. The maximum absolute atomic E-state index is 3.73. The van der Waals surface area contributed by atoms with Crippen molar-refractivity contribution in [2.24, 2.45) is 0 Å². The van der Waals surface area contributed by atoms with Crippen LogP contribution in [0.2, 0.25) is 0 Å². The first kappa shape index (κ1) is 9.69. The standard InChI is InChI=1S/C12H17N2/c1-13-12-7-8-14(10-12)9-11-5-3-2-4-6-11/h2-6,12-13H,1,7-10H2. The molecule has 0 bridgehead atoms. The zero-order valence-electron chi connectivity index (χ0n) is 8.45. The van der Waals surface area contributed by atoms with Crippen molar-refractivity contribution in [1.82, 2.24) is 10.2 Å². The number of benzene rings is 1. The molecule has 1 aliphatic rings. The molecule has 1 aromatic rings. The molecule has 1 fully saturated rings. The number of rotatable bonds is 3. The molecule has 0 aliphatic carbocycles. The Hall–Kier alpha value is -0.860. The third-order valence-corrected chi connectivity index (χ3v) is 2.81. The van der Waals surface area contributed by atoms with Gasteiger partial charge < -0.3 is 5.32 Å². The van der Waals surface area contributed by atoms with Gasteiger partial charge in [-0.05, 0) is 12.0 Å². The van der Waals surface area contributed by atoms with E-state index in [1.165, 1.54) is 18.5 Å². The van der Waals surface area contributed by atoms with E-state index in [9.17, 15) is 0 Å². The van der Waals surface area contributed by atoms with Gasteiger partial charge in [-0.3, -0.25) is 4.90 Å². The Bertz CT molecular complexity index is 271. The second-order valence-corrected chi connectivity index (χ2v) is 3.91. The molecular formula is C12H17N2. The molecule has 2 heteroatoms. The van der Waals surface area contributed by atoms with Crippen LogP contribution in [-0.2, 0) is 6.54 Å². The molecule has 0 amide bonds. The van der Waals surface area contributed by atoms with Gasteiger partial charge in [-0.15, -0.1) is 0 Å². The number of nitrogens with zero attached hydrogens (tertiary/aromatic N) is 1. The molecule has 14 heavy (non-hydrogen) atoms. The Balaban J connectivity index is 1.88. The molecule has 1 radical (unpaired) electrons. The minimum atomic E-state index is 0.582. The van der Waals surface area contributed by atoms with Gasteiger partial charge in [-0.2, -0.15) is 0 Å². The fraction of sp³-hybridized carbons (Fsp3) is 0.417. The van der Waals surface area contributed by atoms with Crippen LogP contribution in [0, 0.1) is 7.05 Å². The summed E-state index contributed by atoms with van der Waals surface area (Å²) >= 11 is 0. The van der Waals surface area contributed by atoms with Crippen LogP contribution in [0.1, 0.15) is 12.0 Å². The maximum atomic E-state index is 3.73. The smallest absolute Gasteiger partial charge is 0.0234 e. The van der Waals surface area contributed by atoms with Gasteiger partial charge >= 0.3 is 0 Å². The Labute approximate surface area is 85.9 Å². The van der Waals surface area contributed by atoms with Gasteiger partial charge in [0.2, 0.25) is 0 Å². The zero-order valence-corrected chi connectivity index (χ0v) is 8.45. The van der Waals surface area contributed by atoms with E-state index in [0.717, 1.165) is 13.1 Å². The van der Waals surface area contributed by atoms with Gasteiger partial charge in [0.15, 0.2) is 0 Å². The highest BCUT2D eigenvalue weighted by Crippen LogP contribution is 2.12. The average molecular weight is 189 g/mol. The number of nitrogens with one attached hydrogen (secondary N) is 1. The topological polar surface area (TPSA) is 15.3 Å². The van der Waals surface area contributed by atoms with Crippen LogP contribution in [0.4, 0.5) is 0 Å². The predicted molar refractivity (Wildman–Crippen MR) is 58.6 cm³/mol. The molecule has 2 rings (SSSR count). The van der Waals surface area contributed by atoms with E-state index in [4.69, 9.17) is 0 Å². The monoisotopic (exact) mass is 189 g/mol. The minimum absolute atomic E-state index is 0.582. The fourth-order valence-corrected chi connectivity index (χ4v) is 1.98. The summed E-state index contributed by atoms with van der Waals surface area (Å²) in [6.07, 6.45) is 1.22. The number of likely N-dealkylation sites (tertiary alicyclic amines) is 1. The van der Waals surface area contributed by atoms with E-state index >= 15 is 0 Å². The fourth-order valence-electron chi connectivity index (χ4n) is 1.98. The Kier molecular flexibility index (Phi) is 3.17. The summed E-state index contributed by atoms with van der Waals surface area (Å²) in [5.41, 5.74) is 1.40. The third kappa shape index (κ3) is 2.34. The first-order chi connectivity index (χ1) is 6.88. The van der Waals surface area contributed by atoms with Gasteiger partial charge in [0, 0.05) is 32.7 Å². The van der Waals surface area contributed by atoms with Crippen molar-refractivity contribution in [3.05, 3.63) is 42.9 Å². The normalized spacial score (nSPS) is 22.8. The van der Waals surface area contributed by atoms with Gasteiger partial charge in [0.1, 0.15) is 0 Å². The molecule has 0 spiro atoms. The van der Waals surface area contributed by atoms with E-state index in [0.29, 0.717) is 6.04 Å². The van der Waals surface area contributed by atoms with Crippen molar-refractivity contribution in [3.63, 3.8) is 0 Å². The highest BCUT2D eigenvalue weighted by Gasteiger charge is 2.20. The zero-order chi connectivity index (χ0) is 9.80. The second kappa shape index (κ2) is 4.58. The maximum Gasteiger partial charge on any atom is 0.0234 e. The molecule has 1 atom stereocenters. The van der Waals surface area contributed by atoms with Crippen LogP contribution >= 0.6 is 0 Å². The van der Waals surface area contributed by atoms with Gasteiger partial charge in [-0.1, -0.05) is 30.3 Å². The third-order valence-electron chi connectivity index (χ3n) is 2.81. The Morgan fingerprint density at radius 1 is 1.36 bits per heavy atom. The van der Waals surface area contributed by atoms with Crippen LogP contribution in [0.15, 0.2) is 30.3 Å². The summed E-state index contributed by atoms with van der Waals surface area (Å²) in [6, 6.07) is 11.2. The minimum Gasteiger partial charge on any atom is -0.311 e. The lowest BCUT2D eigenvalue weighted by atomic mass is 10.2. The first-order valence-electron chi connectivity index (χ1n) is 5.17. The molecule has 1 aromatic carbocycles. The van der Waals surface area contributed by atoms with Gasteiger partial charge in [0.05, 0.1) is 0 Å². The van der Waals surface area contributed by atoms with Crippen LogP contribution in [0.3, 0.4) is 0 Å². The molecule has 1 unspecified atom stereocenters. The molecule has 1 saturated heterocycles. The Morgan fingerprint density at radius 2 is 2.14 bits per heavy atom. The Morgan fingerprint density at radius 3 is 2.79 bits per heavy atom. The predicted octanol–water partition coefficient (Wildman–Crippen LogP) is 1.64. The number of hydrogen-bond donors (Lipinski definition) is 1. The molecule has 0 saturated carbocycles. The van der Waals surface area contributed by atoms with Crippen LogP contribution in [-0.4, -0.2) is 24.0 Å². The molecule has 1 heterocycles. The summed E-state index contributed by atoms with van der Waals surface area (Å²) < 4.78 is 0. The summed E-state index contributed by atoms with van der Waals surface area (Å²) in [5.74, 6) is 0. The van der Waals surface area contributed by atoms with E-state index in [1.807, 2.05) is 0 Å². The van der Waals surface area contributed by atoms with Crippen molar-refractivity contribution in [2.75, 3.05) is 13.1 Å². The molecule has 1 N–H and O–H groups in total. The highest BCUT2D eigenvalue weighted by molar-refractivity contribution is 5.14. The number of hydrogen-bond acceptors (Lipinski definition) is 2. The quantitative estimate of drug-likeness (QED) is 0.777. The van der Waals surface area contributed by atoms with Crippen molar-refractivity contribution in [1.29, 1.82) is 0 Å². The van der Waals surface area contributed by atoms with E-state index in [1.54, 1.807) is 0 Å².